The van der Waals surface area contributed by atoms with E-state index < -0.39 is 0 Å². The first kappa shape index (κ1) is 8.05. The molecule has 0 unspecified atom stereocenters. The molecule has 0 atom stereocenters. The van der Waals surface area contributed by atoms with Gasteiger partial charge in [-0.25, -0.2) is 4.98 Å². The molecule has 4 N–H and O–H groups in total. The number of nitrogens with two attached hydrogens (primary N) is 1. The lowest BCUT2D eigenvalue weighted by Gasteiger charge is -1.98. The molecular formula is C10H9N5. The number of anilines is 1. The number of hydrogen-bond acceptors (Lipinski definition) is 3. The summed E-state index contributed by atoms with van der Waals surface area (Å²) < 4.78 is 0. The first-order chi connectivity index (χ1) is 7.34. The second-order valence-corrected chi connectivity index (χ2v) is 3.34. The molecule has 3 aromatic heterocycles. The van der Waals surface area contributed by atoms with Crippen molar-refractivity contribution in [3.05, 3.63) is 30.7 Å². The van der Waals surface area contributed by atoms with Crippen LogP contribution >= 0.6 is 0 Å². The van der Waals surface area contributed by atoms with E-state index in [2.05, 4.69) is 20.2 Å². The highest BCUT2D eigenvalue weighted by atomic mass is 15.1. The second-order valence-electron chi connectivity index (χ2n) is 3.34. The van der Waals surface area contributed by atoms with Crippen LogP contribution in [0, 0.1) is 0 Å². The molecule has 0 aliphatic rings. The topological polar surface area (TPSA) is 83.4 Å². The average molecular weight is 199 g/mol. The first-order valence-electron chi connectivity index (χ1n) is 4.57. The van der Waals surface area contributed by atoms with Gasteiger partial charge in [0, 0.05) is 23.3 Å². The van der Waals surface area contributed by atoms with Gasteiger partial charge >= 0.3 is 0 Å². The number of rotatable bonds is 1. The van der Waals surface area contributed by atoms with Crippen molar-refractivity contribution in [2.24, 2.45) is 0 Å². The third-order valence-electron chi connectivity index (χ3n) is 2.36. The predicted octanol–water partition coefficient (Wildman–Crippen LogP) is 1.54. The molecule has 5 heteroatoms. The van der Waals surface area contributed by atoms with Crippen LogP contribution in [0.2, 0.25) is 0 Å². The molecule has 0 amide bonds. The zero-order chi connectivity index (χ0) is 10.3. The lowest BCUT2D eigenvalue weighted by Crippen LogP contribution is -1.87. The van der Waals surface area contributed by atoms with Gasteiger partial charge in [-0.3, -0.25) is 5.10 Å². The van der Waals surface area contributed by atoms with Gasteiger partial charge in [0.15, 0.2) is 0 Å². The summed E-state index contributed by atoms with van der Waals surface area (Å²) in [6, 6.07) is 3.99. The lowest BCUT2D eigenvalue weighted by atomic mass is 10.1. The van der Waals surface area contributed by atoms with Crippen molar-refractivity contribution in [2.45, 2.75) is 0 Å². The summed E-state index contributed by atoms with van der Waals surface area (Å²) in [6.45, 7) is 0. The fraction of sp³-hybridized carbons (Fsp3) is 0. The van der Waals surface area contributed by atoms with Gasteiger partial charge in [0.2, 0.25) is 0 Å². The predicted molar refractivity (Wildman–Crippen MR) is 58.1 cm³/mol. The Morgan fingerprint density at radius 3 is 3.00 bits per heavy atom. The fourth-order valence-electron chi connectivity index (χ4n) is 1.60. The van der Waals surface area contributed by atoms with Gasteiger partial charge in [0.05, 0.1) is 17.6 Å². The maximum absolute atomic E-state index is 5.76. The SMILES string of the molecule is Nc1cn[nH]c1-c1cnc2[nH]ccc2c1. The summed E-state index contributed by atoms with van der Waals surface area (Å²) >= 11 is 0. The van der Waals surface area contributed by atoms with Crippen LogP contribution in [0.5, 0.6) is 0 Å². The molecule has 0 radical (unpaired) electrons. The van der Waals surface area contributed by atoms with Crippen LogP contribution in [-0.2, 0) is 0 Å². The normalized spacial score (nSPS) is 10.9. The van der Waals surface area contributed by atoms with Gasteiger partial charge in [-0.05, 0) is 12.1 Å². The van der Waals surface area contributed by atoms with Gasteiger partial charge in [0.25, 0.3) is 0 Å². The van der Waals surface area contributed by atoms with E-state index in [9.17, 15) is 0 Å². The van der Waals surface area contributed by atoms with Crippen LogP contribution in [0.25, 0.3) is 22.3 Å². The molecular weight excluding hydrogens is 190 g/mol. The lowest BCUT2D eigenvalue weighted by molar-refractivity contribution is 1.09. The average Bonchev–Trinajstić information content (AvgIpc) is 2.84. The number of H-pyrrole nitrogens is 2. The number of nitrogen functional groups attached to an aromatic ring is 1. The minimum absolute atomic E-state index is 0.631. The number of aromatic amines is 2. The number of pyridine rings is 1. The molecule has 0 aliphatic carbocycles. The van der Waals surface area contributed by atoms with Gasteiger partial charge in [0.1, 0.15) is 5.65 Å². The molecule has 15 heavy (non-hydrogen) atoms. The molecule has 0 saturated carbocycles. The Hall–Kier alpha value is -2.30. The van der Waals surface area contributed by atoms with E-state index in [0.29, 0.717) is 5.69 Å². The maximum Gasteiger partial charge on any atom is 0.137 e. The molecule has 3 rings (SSSR count). The standard InChI is InChI=1S/C10H9N5/c11-8-5-14-15-9(8)7-3-6-1-2-12-10(6)13-4-7/h1-5H,11H2,(H,12,13)(H,14,15). The zero-order valence-corrected chi connectivity index (χ0v) is 7.86. The number of nitrogens with one attached hydrogen (secondary N) is 2. The largest absolute Gasteiger partial charge is 0.396 e. The van der Waals surface area contributed by atoms with E-state index in [1.807, 2.05) is 18.3 Å². The van der Waals surface area contributed by atoms with Gasteiger partial charge < -0.3 is 10.7 Å². The Morgan fingerprint density at radius 1 is 1.27 bits per heavy atom. The Kier molecular flexibility index (Phi) is 1.53. The summed E-state index contributed by atoms with van der Waals surface area (Å²) in [5, 5.41) is 7.79. The van der Waals surface area contributed by atoms with Crippen molar-refractivity contribution in [2.75, 3.05) is 5.73 Å². The highest BCUT2D eigenvalue weighted by Crippen LogP contribution is 2.24. The van der Waals surface area contributed by atoms with E-state index in [0.717, 1.165) is 22.3 Å². The Bertz CT molecular complexity index is 607. The third-order valence-corrected chi connectivity index (χ3v) is 2.36. The summed E-state index contributed by atoms with van der Waals surface area (Å²) in [5.74, 6) is 0. The highest BCUT2D eigenvalue weighted by molar-refractivity contribution is 5.83. The van der Waals surface area contributed by atoms with E-state index >= 15 is 0 Å². The van der Waals surface area contributed by atoms with E-state index in [1.54, 1.807) is 12.4 Å². The minimum atomic E-state index is 0.631. The van der Waals surface area contributed by atoms with E-state index in [4.69, 9.17) is 5.73 Å². The molecule has 0 aromatic carbocycles. The van der Waals surface area contributed by atoms with Crippen LogP contribution in [0.4, 0.5) is 5.69 Å². The van der Waals surface area contributed by atoms with Crippen molar-refractivity contribution in [1.82, 2.24) is 20.2 Å². The molecule has 3 heterocycles. The Labute approximate surface area is 85.3 Å². The summed E-state index contributed by atoms with van der Waals surface area (Å²) in [5.41, 5.74) is 9.02. The van der Waals surface area contributed by atoms with Gasteiger partial charge in [-0.1, -0.05) is 0 Å². The van der Waals surface area contributed by atoms with Crippen LogP contribution in [0.15, 0.2) is 30.7 Å². The maximum atomic E-state index is 5.76. The van der Waals surface area contributed by atoms with E-state index in [1.165, 1.54) is 0 Å². The van der Waals surface area contributed by atoms with Crippen molar-refractivity contribution < 1.29 is 0 Å². The van der Waals surface area contributed by atoms with Crippen LogP contribution < -0.4 is 5.73 Å². The van der Waals surface area contributed by atoms with Crippen LogP contribution in [0.1, 0.15) is 0 Å². The van der Waals surface area contributed by atoms with Crippen LogP contribution in [-0.4, -0.2) is 20.2 Å². The second kappa shape index (κ2) is 2.84. The monoisotopic (exact) mass is 199 g/mol. The molecule has 5 nitrogen and oxygen atoms in total. The Morgan fingerprint density at radius 2 is 2.20 bits per heavy atom. The number of aromatic nitrogens is 4. The smallest absolute Gasteiger partial charge is 0.137 e. The first-order valence-corrected chi connectivity index (χ1v) is 4.57. The number of fused-ring (bicyclic) bond motifs is 1. The third kappa shape index (κ3) is 1.17. The Balaban J connectivity index is 2.23. The number of nitrogens with zero attached hydrogens (tertiary/aromatic N) is 2. The number of hydrogen-bond donors (Lipinski definition) is 3. The van der Waals surface area contributed by atoms with Crippen LogP contribution in [0.3, 0.4) is 0 Å². The van der Waals surface area contributed by atoms with Crippen molar-refractivity contribution >= 4 is 16.7 Å². The summed E-state index contributed by atoms with van der Waals surface area (Å²) in [4.78, 5) is 7.32. The molecule has 0 aliphatic heterocycles. The van der Waals surface area contributed by atoms with Crippen molar-refractivity contribution in [3.8, 4) is 11.3 Å². The van der Waals surface area contributed by atoms with Crippen molar-refractivity contribution in [1.29, 1.82) is 0 Å². The van der Waals surface area contributed by atoms with Gasteiger partial charge in [-0.15, -0.1) is 0 Å². The fourth-order valence-corrected chi connectivity index (χ4v) is 1.60. The van der Waals surface area contributed by atoms with Crippen molar-refractivity contribution in [3.63, 3.8) is 0 Å². The quantitative estimate of drug-likeness (QED) is 0.555. The summed E-state index contributed by atoms with van der Waals surface area (Å²) in [6.07, 6.45) is 5.22. The molecule has 74 valence electrons. The van der Waals surface area contributed by atoms with E-state index in [-0.39, 0.29) is 0 Å². The zero-order valence-electron chi connectivity index (χ0n) is 7.86. The minimum Gasteiger partial charge on any atom is -0.396 e. The molecule has 3 aromatic rings. The molecule has 0 fully saturated rings. The summed E-state index contributed by atoms with van der Waals surface area (Å²) in [7, 11) is 0. The molecule has 0 spiro atoms. The van der Waals surface area contributed by atoms with Gasteiger partial charge in [-0.2, -0.15) is 5.10 Å². The molecule has 0 bridgehead atoms. The molecule has 0 saturated heterocycles. The highest BCUT2D eigenvalue weighted by Gasteiger charge is 2.06.